The van der Waals surface area contributed by atoms with E-state index in [1.807, 2.05) is 20.9 Å². The first kappa shape index (κ1) is 19.2. The monoisotopic (exact) mass is 311 g/mol. The molecule has 0 saturated carbocycles. The van der Waals surface area contributed by atoms with E-state index in [-0.39, 0.29) is 12.4 Å². The lowest BCUT2D eigenvalue weighted by Gasteiger charge is -2.18. The first-order valence-electron chi connectivity index (χ1n) is 6.28. The summed E-state index contributed by atoms with van der Waals surface area (Å²) in [6, 6.07) is 0. The quantitative estimate of drug-likeness (QED) is 0.303. The van der Waals surface area contributed by atoms with Gasteiger partial charge in [-0.05, 0) is 20.9 Å². The second-order valence-electron chi connectivity index (χ2n) is 4.41. The summed E-state index contributed by atoms with van der Waals surface area (Å²) in [5.74, 6) is 0.0305. The Balaban J connectivity index is 3.30. The Bertz CT molecular complexity index is 240. The summed E-state index contributed by atoms with van der Waals surface area (Å²) >= 11 is 4.06. The summed E-state index contributed by atoms with van der Waals surface area (Å²) in [7, 11) is 3.11. The van der Waals surface area contributed by atoms with Crippen molar-refractivity contribution in [2.24, 2.45) is 0 Å². The van der Waals surface area contributed by atoms with Crippen LogP contribution in [0, 0.1) is 0 Å². The van der Waals surface area contributed by atoms with Gasteiger partial charge in [0.15, 0.2) is 5.78 Å². The van der Waals surface area contributed by atoms with Gasteiger partial charge in [-0.2, -0.15) is 0 Å². The van der Waals surface area contributed by atoms with E-state index in [0.29, 0.717) is 33.0 Å². The number of ether oxygens (including phenoxy) is 3. The molecule has 0 heterocycles. The minimum Gasteiger partial charge on any atom is -0.378 e. The van der Waals surface area contributed by atoms with E-state index in [4.69, 9.17) is 14.2 Å². The summed E-state index contributed by atoms with van der Waals surface area (Å²) < 4.78 is 15.3. The zero-order valence-corrected chi connectivity index (χ0v) is 13.6. The Morgan fingerprint density at radius 3 is 2.16 bits per heavy atom. The summed E-state index contributed by atoms with van der Waals surface area (Å²) in [6.45, 7) is 7.27. The smallest absolute Gasteiger partial charge is 0.174 e. The Hall–Kier alpha value is 0.210. The molecule has 0 radical (unpaired) electrons. The third kappa shape index (κ3) is 10.6. The molecule has 0 aliphatic heterocycles. The van der Waals surface area contributed by atoms with E-state index in [2.05, 4.69) is 17.0 Å². The van der Waals surface area contributed by atoms with Gasteiger partial charge in [0.05, 0.1) is 37.8 Å². The van der Waals surface area contributed by atoms with Crippen LogP contribution in [0.2, 0.25) is 0 Å². The van der Waals surface area contributed by atoms with Crippen LogP contribution in [0.25, 0.3) is 0 Å². The molecule has 114 valence electrons. The topological polar surface area (TPSA) is 56.8 Å². The van der Waals surface area contributed by atoms with E-state index in [0.717, 1.165) is 6.54 Å². The summed E-state index contributed by atoms with van der Waals surface area (Å²) in [4.78, 5) is 11.7. The summed E-state index contributed by atoms with van der Waals surface area (Å²) in [6.07, 6.45) is 0. The van der Waals surface area contributed by atoms with Gasteiger partial charge in [0.25, 0.3) is 0 Å². The first-order chi connectivity index (χ1) is 9.04. The van der Waals surface area contributed by atoms with Gasteiger partial charge in [-0.1, -0.05) is 10.8 Å². The maximum atomic E-state index is 11.7. The molecule has 0 unspecified atom stereocenters. The SMILES string of the molecule is CNCCOCCOCCOCC(=O)C(C)(C)SS. The number of Topliss-reactive ketones (excluding diaryl/α,β-unsaturated/α-hetero) is 1. The fraction of sp³-hybridized carbons (Fsp3) is 0.917. The minimum atomic E-state index is -0.509. The van der Waals surface area contributed by atoms with Gasteiger partial charge in [-0.15, -0.1) is 11.7 Å². The van der Waals surface area contributed by atoms with Crippen molar-refractivity contribution in [3.63, 3.8) is 0 Å². The van der Waals surface area contributed by atoms with Crippen molar-refractivity contribution in [2.45, 2.75) is 18.6 Å². The highest BCUT2D eigenvalue weighted by Crippen LogP contribution is 2.28. The van der Waals surface area contributed by atoms with E-state index < -0.39 is 4.75 Å². The van der Waals surface area contributed by atoms with Gasteiger partial charge in [-0.3, -0.25) is 4.79 Å². The predicted octanol–water partition coefficient (Wildman–Crippen LogP) is 1.18. The predicted molar refractivity (Wildman–Crippen MR) is 82.0 cm³/mol. The molecular formula is C12H25NO4S2. The van der Waals surface area contributed by atoms with E-state index >= 15 is 0 Å². The average Bonchev–Trinajstić information content (AvgIpc) is 2.40. The largest absolute Gasteiger partial charge is 0.378 e. The molecule has 5 nitrogen and oxygen atoms in total. The standard InChI is InChI=1S/C12H25NO4S2/c1-12(2,19-18)11(14)10-17-9-8-16-7-6-15-5-4-13-3/h13,18H,4-10H2,1-3H3. The van der Waals surface area contributed by atoms with E-state index in [1.54, 1.807) is 0 Å². The van der Waals surface area contributed by atoms with Gasteiger partial charge >= 0.3 is 0 Å². The van der Waals surface area contributed by atoms with Crippen LogP contribution >= 0.6 is 22.5 Å². The number of hydrogen-bond acceptors (Lipinski definition) is 7. The van der Waals surface area contributed by atoms with Crippen molar-refractivity contribution in [3.8, 4) is 0 Å². The Kier molecular flexibility index (Phi) is 12.1. The number of nitrogens with one attached hydrogen (secondary N) is 1. The van der Waals surface area contributed by atoms with Crippen LogP contribution in [0.1, 0.15) is 13.8 Å². The van der Waals surface area contributed by atoms with Gasteiger partial charge in [0.2, 0.25) is 0 Å². The molecule has 0 atom stereocenters. The molecule has 0 aromatic rings. The van der Waals surface area contributed by atoms with Crippen LogP contribution in [0.3, 0.4) is 0 Å². The zero-order valence-electron chi connectivity index (χ0n) is 11.9. The summed E-state index contributed by atoms with van der Waals surface area (Å²) in [5, 5.41) is 2.99. The molecule has 0 rings (SSSR count). The lowest BCUT2D eigenvalue weighted by Crippen LogP contribution is -2.31. The molecule has 19 heavy (non-hydrogen) atoms. The van der Waals surface area contributed by atoms with Crippen molar-refractivity contribution in [1.82, 2.24) is 5.32 Å². The molecular weight excluding hydrogens is 286 g/mol. The molecule has 0 aliphatic carbocycles. The van der Waals surface area contributed by atoms with Crippen molar-refractivity contribution in [3.05, 3.63) is 0 Å². The molecule has 0 saturated heterocycles. The Labute approximate surface area is 124 Å². The molecule has 0 amide bonds. The van der Waals surface area contributed by atoms with Crippen LogP contribution in [-0.2, 0) is 19.0 Å². The second kappa shape index (κ2) is 12.0. The molecule has 7 heteroatoms. The zero-order chi connectivity index (χ0) is 14.6. The lowest BCUT2D eigenvalue weighted by molar-refractivity contribution is -0.125. The minimum absolute atomic E-state index is 0.0305. The number of ketones is 1. The van der Waals surface area contributed by atoms with Gasteiger partial charge < -0.3 is 19.5 Å². The van der Waals surface area contributed by atoms with Crippen LogP contribution in [-0.4, -0.2) is 63.8 Å². The fourth-order valence-corrected chi connectivity index (χ4v) is 1.47. The van der Waals surface area contributed by atoms with Gasteiger partial charge in [-0.25, -0.2) is 0 Å². The van der Waals surface area contributed by atoms with Crippen molar-refractivity contribution in [2.75, 3.05) is 53.2 Å². The number of carbonyl (C=O) groups excluding carboxylic acids is 1. The number of hydrogen-bond donors (Lipinski definition) is 2. The average molecular weight is 311 g/mol. The molecule has 0 aromatic carbocycles. The maximum absolute atomic E-state index is 11.7. The summed E-state index contributed by atoms with van der Waals surface area (Å²) in [5.41, 5.74) is 0. The van der Waals surface area contributed by atoms with E-state index in [9.17, 15) is 4.79 Å². The highest BCUT2D eigenvalue weighted by atomic mass is 33.1. The highest BCUT2D eigenvalue weighted by molar-refractivity contribution is 8.69. The number of likely N-dealkylation sites (N-methyl/N-ethyl adjacent to an activating group) is 1. The molecule has 0 aliphatic rings. The van der Waals surface area contributed by atoms with Crippen LogP contribution in [0.15, 0.2) is 0 Å². The normalized spacial score (nSPS) is 11.8. The van der Waals surface area contributed by atoms with Crippen LogP contribution in [0.5, 0.6) is 0 Å². The van der Waals surface area contributed by atoms with Crippen molar-refractivity contribution >= 4 is 28.2 Å². The number of thiol groups is 1. The molecule has 0 bridgehead atoms. The molecule has 1 N–H and O–H groups in total. The van der Waals surface area contributed by atoms with Gasteiger partial charge in [0.1, 0.15) is 6.61 Å². The Morgan fingerprint density at radius 1 is 1.11 bits per heavy atom. The number of rotatable bonds is 13. The van der Waals surface area contributed by atoms with Gasteiger partial charge in [0, 0.05) is 6.54 Å². The maximum Gasteiger partial charge on any atom is 0.174 e. The first-order valence-corrected chi connectivity index (χ1v) is 8.15. The molecule has 0 fully saturated rings. The highest BCUT2D eigenvalue weighted by Gasteiger charge is 2.26. The molecule has 0 aromatic heterocycles. The van der Waals surface area contributed by atoms with E-state index in [1.165, 1.54) is 10.8 Å². The Morgan fingerprint density at radius 2 is 1.63 bits per heavy atom. The van der Waals surface area contributed by atoms with Crippen molar-refractivity contribution < 1.29 is 19.0 Å². The van der Waals surface area contributed by atoms with Crippen LogP contribution in [0.4, 0.5) is 0 Å². The number of carbonyl (C=O) groups is 1. The lowest BCUT2D eigenvalue weighted by atomic mass is 10.1. The third-order valence-corrected chi connectivity index (χ3v) is 4.43. The fourth-order valence-electron chi connectivity index (χ4n) is 1.00. The van der Waals surface area contributed by atoms with Crippen LogP contribution < -0.4 is 5.32 Å². The second-order valence-corrected chi connectivity index (χ2v) is 6.16. The molecule has 0 spiro atoms. The van der Waals surface area contributed by atoms with Crippen molar-refractivity contribution in [1.29, 1.82) is 0 Å². The third-order valence-electron chi connectivity index (χ3n) is 2.37.